The fourth-order valence-electron chi connectivity index (χ4n) is 0.671. The Morgan fingerprint density at radius 3 is 2.14 bits per heavy atom. The van der Waals surface area contributed by atoms with E-state index < -0.39 is 0 Å². The van der Waals surface area contributed by atoms with E-state index in [0.29, 0.717) is 0 Å². The van der Waals surface area contributed by atoms with Gasteiger partial charge in [0.2, 0.25) is 0 Å². The molecule has 0 fully saturated rings. The number of hydrogen-bond donors (Lipinski definition) is 0. The van der Waals surface area contributed by atoms with E-state index >= 15 is 0 Å². The summed E-state index contributed by atoms with van der Waals surface area (Å²) in [6, 6.07) is 0. The summed E-state index contributed by atoms with van der Waals surface area (Å²) < 4.78 is 3.32. The molecule has 1 rings (SSSR count). The number of hydrogen-bond acceptors (Lipinski definition) is 0. The molecule has 1 aliphatic carbocycles. The zero-order chi connectivity index (χ0) is 5.11. The minimum atomic E-state index is -0.161. The van der Waals surface area contributed by atoms with Crippen LogP contribution < -0.4 is 0 Å². The SMILES string of the molecule is [CH3][Y][CH]1C=CC=C1. The third-order valence-electron chi connectivity index (χ3n) is 1.16. The van der Waals surface area contributed by atoms with Crippen LogP contribution in [0.4, 0.5) is 0 Å². The predicted molar refractivity (Wildman–Crippen MR) is 27.9 cm³/mol. The van der Waals surface area contributed by atoms with E-state index in [1.165, 1.54) is 0 Å². The summed E-state index contributed by atoms with van der Waals surface area (Å²) in [6.07, 6.45) is 8.92. The molecule has 0 aliphatic heterocycles. The first kappa shape index (κ1) is 5.72. The van der Waals surface area contributed by atoms with E-state index in [9.17, 15) is 0 Å². The van der Waals surface area contributed by atoms with Gasteiger partial charge < -0.3 is 0 Å². The first-order valence-corrected chi connectivity index (χ1v) is 7.05. The zero-order valence-electron chi connectivity index (χ0n) is 4.46. The van der Waals surface area contributed by atoms with Crippen LogP contribution in [0.5, 0.6) is 0 Å². The molecule has 0 spiro atoms. The maximum atomic E-state index is 2.39. The van der Waals surface area contributed by atoms with Crippen LogP contribution in [0.15, 0.2) is 24.3 Å². The van der Waals surface area contributed by atoms with Gasteiger partial charge in [-0.25, -0.2) is 0 Å². The molecule has 35 valence electrons. The second kappa shape index (κ2) is 2.79. The Kier molecular flexibility index (Phi) is 2.27. The maximum absolute atomic E-state index is 2.39. The van der Waals surface area contributed by atoms with Crippen molar-refractivity contribution >= 4 is 0 Å². The second-order valence-electron chi connectivity index (χ2n) is 1.68. The van der Waals surface area contributed by atoms with E-state index in [-0.39, 0.29) is 29.2 Å². The van der Waals surface area contributed by atoms with Crippen molar-refractivity contribution in [1.29, 1.82) is 0 Å². The van der Waals surface area contributed by atoms with E-state index in [1.807, 2.05) is 0 Å². The Morgan fingerprint density at radius 1 is 1.29 bits per heavy atom. The van der Waals surface area contributed by atoms with Gasteiger partial charge in [0, 0.05) is 0 Å². The summed E-state index contributed by atoms with van der Waals surface area (Å²) in [5, 5.41) is 0. The van der Waals surface area contributed by atoms with Crippen molar-refractivity contribution < 1.29 is 29.2 Å². The van der Waals surface area contributed by atoms with Crippen molar-refractivity contribution in [2.75, 3.05) is 0 Å². The van der Waals surface area contributed by atoms with Gasteiger partial charge in [0.15, 0.2) is 0 Å². The van der Waals surface area contributed by atoms with Crippen LogP contribution in [0.3, 0.4) is 0 Å². The average molecular weight is 169 g/mol. The van der Waals surface area contributed by atoms with Crippen molar-refractivity contribution in [3.05, 3.63) is 24.3 Å². The van der Waals surface area contributed by atoms with E-state index in [2.05, 4.69) is 28.0 Å². The third-order valence-corrected chi connectivity index (χ3v) is 4.15. The molecule has 7 heavy (non-hydrogen) atoms. The molecular weight excluding hydrogens is 161 g/mol. The van der Waals surface area contributed by atoms with Crippen molar-refractivity contribution in [2.45, 2.75) is 6.46 Å². The fourth-order valence-corrected chi connectivity index (χ4v) is 2.39. The summed E-state index contributed by atoms with van der Waals surface area (Å²) in [7, 11) is 0. The summed E-state index contributed by atoms with van der Waals surface area (Å²) in [4.78, 5) is 0. The molecule has 0 aromatic heterocycles. The van der Waals surface area contributed by atoms with Gasteiger partial charge in [-0.1, -0.05) is 0 Å². The normalized spacial score (nSPS) is 17.9. The summed E-state index contributed by atoms with van der Waals surface area (Å²) in [5.41, 5.74) is 0. The number of allylic oxidation sites excluding steroid dienone is 4. The van der Waals surface area contributed by atoms with Gasteiger partial charge in [-0.2, -0.15) is 0 Å². The fraction of sp³-hybridized carbons (Fsp3) is 0.333. The van der Waals surface area contributed by atoms with Crippen molar-refractivity contribution in [3.63, 3.8) is 0 Å². The molecule has 0 saturated heterocycles. The molecular formula is C6H8Y. The van der Waals surface area contributed by atoms with Crippen LogP contribution in [0.2, 0.25) is 6.46 Å². The Bertz CT molecular complexity index is 90.7. The Hall–Kier alpha value is 0.584. The first-order valence-electron chi connectivity index (χ1n) is 2.58. The molecule has 0 heterocycles. The Balaban J connectivity index is 2.44. The van der Waals surface area contributed by atoms with Crippen molar-refractivity contribution in [2.24, 2.45) is 0 Å². The molecule has 0 radical (unpaired) electrons. The average Bonchev–Trinajstić information content (AvgIpc) is 2.14. The minimum absolute atomic E-state index is 0.161. The second-order valence-corrected chi connectivity index (χ2v) is 5.21. The van der Waals surface area contributed by atoms with Gasteiger partial charge in [0.05, 0.1) is 0 Å². The van der Waals surface area contributed by atoms with Crippen molar-refractivity contribution in [3.8, 4) is 0 Å². The van der Waals surface area contributed by atoms with Gasteiger partial charge in [-0.3, -0.25) is 0 Å². The van der Waals surface area contributed by atoms with Crippen LogP contribution in [0.1, 0.15) is 0 Å². The third kappa shape index (κ3) is 1.51. The van der Waals surface area contributed by atoms with Crippen LogP contribution in [0, 0.1) is 0 Å². The monoisotopic (exact) mass is 169 g/mol. The molecule has 0 N–H and O–H groups in total. The quantitative estimate of drug-likeness (QED) is 0.563. The Morgan fingerprint density at radius 2 is 1.86 bits per heavy atom. The van der Waals surface area contributed by atoms with Crippen LogP contribution >= 0.6 is 0 Å². The van der Waals surface area contributed by atoms with Crippen LogP contribution in [-0.4, -0.2) is 0 Å². The molecule has 0 unspecified atom stereocenters. The first-order chi connectivity index (χ1) is 3.43. The van der Waals surface area contributed by atoms with E-state index in [0.717, 1.165) is 2.73 Å². The number of rotatable bonds is 1. The predicted octanol–water partition coefficient (Wildman–Crippen LogP) is 2.03. The molecule has 0 bridgehead atoms. The Labute approximate surface area is 59.7 Å². The molecule has 0 aromatic rings. The zero-order valence-corrected chi connectivity index (χ0v) is 7.30. The molecule has 0 saturated carbocycles. The van der Waals surface area contributed by atoms with Gasteiger partial charge in [0.1, 0.15) is 0 Å². The molecule has 0 amide bonds. The van der Waals surface area contributed by atoms with Crippen molar-refractivity contribution in [1.82, 2.24) is 0 Å². The standard InChI is InChI=1S/C5H5.CH3.Y/c1-2-4-5-3-1;;/h1-5H;1H3;. The van der Waals surface area contributed by atoms with Gasteiger partial charge in [-0.05, 0) is 0 Å². The van der Waals surface area contributed by atoms with Gasteiger partial charge in [-0.15, -0.1) is 0 Å². The molecule has 0 aromatic carbocycles. The van der Waals surface area contributed by atoms with Crippen LogP contribution in [-0.2, 0) is 29.2 Å². The van der Waals surface area contributed by atoms with E-state index in [4.69, 9.17) is 0 Å². The summed E-state index contributed by atoms with van der Waals surface area (Å²) in [6.45, 7) is 0. The molecule has 1 aliphatic rings. The topological polar surface area (TPSA) is 0 Å². The molecule has 0 nitrogen and oxygen atoms in total. The molecule has 0 atom stereocenters. The summed E-state index contributed by atoms with van der Waals surface area (Å²) in [5.74, 6) is 0. The van der Waals surface area contributed by atoms with E-state index in [1.54, 1.807) is 0 Å². The summed E-state index contributed by atoms with van der Waals surface area (Å²) >= 11 is -0.161. The van der Waals surface area contributed by atoms with Gasteiger partial charge >= 0.3 is 60.0 Å². The molecule has 1 heteroatoms. The van der Waals surface area contributed by atoms with Crippen LogP contribution in [0.25, 0.3) is 0 Å². The van der Waals surface area contributed by atoms with Gasteiger partial charge in [0.25, 0.3) is 0 Å².